The van der Waals surface area contributed by atoms with Crippen molar-refractivity contribution in [1.29, 1.82) is 0 Å². The second-order valence-corrected chi connectivity index (χ2v) is 7.77. The number of aliphatic hydroxyl groups is 2. The molecule has 2 heteroatoms. The predicted molar refractivity (Wildman–Crippen MR) is 74.5 cm³/mol. The smallest absolute Gasteiger partial charge is 0.0835 e. The van der Waals surface area contributed by atoms with E-state index in [1.54, 1.807) is 0 Å². The minimum absolute atomic E-state index is 0.406. The van der Waals surface area contributed by atoms with Crippen LogP contribution >= 0.6 is 0 Å². The van der Waals surface area contributed by atoms with Crippen LogP contribution in [0.15, 0.2) is 0 Å². The Bertz CT molecular complexity index is 342. The Labute approximate surface area is 116 Å². The van der Waals surface area contributed by atoms with E-state index in [-0.39, 0.29) is 0 Å². The number of rotatable bonds is 0. The summed E-state index contributed by atoms with van der Waals surface area (Å²) in [6, 6.07) is 0. The largest absolute Gasteiger partial charge is 0.390 e. The summed E-state index contributed by atoms with van der Waals surface area (Å²) in [5, 5.41) is 21.3. The molecule has 0 bridgehead atoms. The molecular formula is C17H28O2. The van der Waals surface area contributed by atoms with Crippen molar-refractivity contribution >= 4 is 0 Å². The fourth-order valence-corrected chi connectivity index (χ4v) is 6.48. The Balaban J connectivity index is 1.65. The van der Waals surface area contributed by atoms with E-state index in [1.807, 2.05) is 0 Å². The average Bonchev–Trinajstić information content (AvgIpc) is 2.92. The molecule has 4 aliphatic carbocycles. The van der Waals surface area contributed by atoms with Crippen LogP contribution in [0, 0.1) is 35.5 Å². The number of hydrogen-bond donors (Lipinski definition) is 2. The molecule has 0 aromatic carbocycles. The summed E-state index contributed by atoms with van der Waals surface area (Å²) >= 11 is 0. The molecule has 19 heavy (non-hydrogen) atoms. The van der Waals surface area contributed by atoms with Gasteiger partial charge in [0.05, 0.1) is 12.2 Å². The highest BCUT2D eigenvalue weighted by molar-refractivity contribution is 5.04. The molecule has 2 nitrogen and oxygen atoms in total. The summed E-state index contributed by atoms with van der Waals surface area (Å²) in [5.74, 6) is 3.87. The Morgan fingerprint density at radius 3 is 2.11 bits per heavy atom. The fourth-order valence-electron chi connectivity index (χ4n) is 6.48. The zero-order valence-corrected chi connectivity index (χ0v) is 11.9. The molecule has 108 valence electrons. The number of hydrogen-bond acceptors (Lipinski definition) is 2. The van der Waals surface area contributed by atoms with Crippen LogP contribution < -0.4 is 0 Å². The van der Waals surface area contributed by atoms with Gasteiger partial charge in [-0.05, 0) is 67.6 Å². The zero-order chi connectivity index (χ0) is 13.0. The van der Waals surface area contributed by atoms with Gasteiger partial charge in [-0.1, -0.05) is 25.7 Å². The van der Waals surface area contributed by atoms with Gasteiger partial charge in [-0.2, -0.15) is 0 Å². The number of fused-ring (bicyclic) bond motifs is 5. The van der Waals surface area contributed by atoms with Crippen LogP contribution in [0.1, 0.15) is 57.8 Å². The third-order valence-corrected chi connectivity index (χ3v) is 7.19. The first-order valence-corrected chi connectivity index (χ1v) is 8.63. The molecule has 4 saturated carbocycles. The van der Waals surface area contributed by atoms with Crippen LogP contribution in [0.5, 0.6) is 0 Å². The van der Waals surface area contributed by atoms with E-state index in [0.717, 1.165) is 30.1 Å². The molecule has 8 atom stereocenters. The van der Waals surface area contributed by atoms with Crippen LogP contribution in [0.25, 0.3) is 0 Å². The van der Waals surface area contributed by atoms with E-state index in [2.05, 4.69) is 0 Å². The van der Waals surface area contributed by atoms with Crippen molar-refractivity contribution in [2.24, 2.45) is 35.5 Å². The predicted octanol–water partition coefficient (Wildman–Crippen LogP) is 2.97. The molecule has 0 saturated heterocycles. The van der Waals surface area contributed by atoms with Gasteiger partial charge in [-0.15, -0.1) is 0 Å². The molecule has 0 aromatic heterocycles. The van der Waals surface area contributed by atoms with Crippen LogP contribution in [-0.2, 0) is 0 Å². The van der Waals surface area contributed by atoms with Gasteiger partial charge in [0, 0.05) is 0 Å². The van der Waals surface area contributed by atoms with Crippen molar-refractivity contribution in [3.05, 3.63) is 0 Å². The van der Waals surface area contributed by atoms with Gasteiger partial charge in [0.1, 0.15) is 0 Å². The summed E-state index contributed by atoms with van der Waals surface area (Å²) in [5.41, 5.74) is 0. The van der Waals surface area contributed by atoms with Crippen molar-refractivity contribution in [2.45, 2.75) is 70.0 Å². The first-order valence-electron chi connectivity index (χ1n) is 8.63. The summed E-state index contributed by atoms with van der Waals surface area (Å²) in [6.07, 6.45) is 11.0. The monoisotopic (exact) mass is 264 g/mol. The van der Waals surface area contributed by atoms with Crippen molar-refractivity contribution in [1.82, 2.24) is 0 Å². The zero-order valence-electron chi connectivity index (χ0n) is 11.9. The molecule has 4 aliphatic rings. The molecule has 0 heterocycles. The van der Waals surface area contributed by atoms with Gasteiger partial charge in [0.2, 0.25) is 0 Å². The highest BCUT2D eigenvalue weighted by Crippen LogP contribution is 2.57. The first kappa shape index (κ1) is 12.6. The summed E-state index contributed by atoms with van der Waals surface area (Å²) in [7, 11) is 0. The molecule has 0 aromatic rings. The van der Waals surface area contributed by atoms with Crippen molar-refractivity contribution in [3.8, 4) is 0 Å². The Morgan fingerprint density at radius 1 is 0.526 bits per heavy atom. The third kappa shape index (κ3) is 1.82. The molecule has 4 rings (SSSR count). The molecule has 2 N–H and O–H groups in total. The lowest BCUT2D eigenvalue weighted by Crippen LogP contribution is -2.57. The highest BCUT2D eigenvalue weighted by Gasteiger charge is 2.55. The van der Waals surface area contributed by atoms with E-state index < -0.39 is 12.2 Å². The topological polar surface area (TPSA) is 40.5 Å². The molecule has 0 spiro atoms. The molecule has 0 amide bonds. The van der Waals surface area contributed by atoms with E-state index >= 15 is 0 Å². The van der Waals surface area contributed by atoms with Crippen molar-refractivity contribution in [2.75, 3.05) is 0 Å². The summed E-state index contributed by atoms with van der Waals surface area (Å²) < 4.78 is 0. The van der Waals surface area contributed by atoms with Gasteiger partial charge in [0.15, 0.2) is 0 Å². The second-order valence-electron chi connectivity index (χ2n) is 7.77. The highest BCUT2D eigenvalue weighted by atomic mass is 16.3. The van der Waals surface area contributed by atoms with E-state index in [0.29, 0.717) is 11.8 Å². The minimum atomic E-state index is -0.425. The lowest BCUT2D eigenvalue weighted by molar-refractivity contribution is -0.167. The second kappa shape index (κ2) is 4.73. The molecule has 0 aliphatic heterocycles. The van der Waals surface area contributed by atoms with E-state index in [4.69, 9.17) is 0 Å². The Kier molecular flexibility index (Phi) is 3.15. The van der Waals surface area contributed by atoms with Crippen molar-refractivity contribution < 1.29 is 10.2 Å². The number of aliphatic hydroxyl groups excluding tert-OH is 2. The Hall–Kier alpha value is -0.0800. The van der Waals surface area contributed by atoms with Gasteiger partial charge in [-0.25, -0.2) is 0 Å². The van der Waals surface area contributed by atoms with Crippen LogP contribution in [0.2, 0.25) is 0 Å². The fraction of sp³-hybridized carbons (Fsp3) is 1.00. The SMILES string of the molecule is OC1C(O)C2C3CCCC3CCC2C2CCCCC12. The van der Waals surface area contributed by atoms with Crippen LogP contribution in [0.4, 0.5) is 0 Å². The summed E-state index contributed by atoms with van der Waals surface area (Å²) in [6.45, 7) is 0. The molecule has 0 radical (unpaired) electrons. The molecular weight excluding hydrogens is 236 g/mol. The maximum absolute atomic E-state index is 10.7. The standard InChI is InChI=1S/C17H28O2/c18-16-14-6-2-1-5-12(14)13-9-8-10-4-3-7-11(10)15(13)17(16)19/h10-19H,1-9H2. The molecule has 8 unspecified atom stereocenters. The molecule has 4 fully saturated rings. The maximum Gasteiger partial charge on any atom is 0.0835 e. The van der Waals surface area contributed by atoms with Crippen LogP contribution in [0.3, 0.4) is 0 Å². The first-order chi connectivity index (χ1) is 9.27. The van der Waals surface area contributed by atoms with E-state index in [9.17, 15) is 10.2 Å². The maximum atomic E-state index is 10.7. The van der Waals surface area contributed by atoms with E-state index in [1.165, 1.54) is 51.4 Å². The van der Waals surface area contributed by atoms with Crippen LogP contribution in [-0.4, -0.2) is 22.4 Å². The quantitative estimate of drug-likeness (QED) is 0.706. The van der Waals surface area contributed by atoms with Gasteiger partial charge in [-0.3, -0.25) is 0 Å². The minimum Gasteiger partial charge on any atom is -0.390 e. The summed E-state index contributed by atoms with van der Waals surface area (Å²) in [4.78, 5) is 0. The average molecular weight is 264 g/mol. The lowest BCUT2D eigenvalue weighted by atomic mass is 9.52. The third-order valence-electron chi connectivity index (χ3n) is 7.19. The van der Waals surface area contributed by atoms with Gasteiger partial charge in [0.25, 0.3) is 0 Å². The van der Waals surface area contributed by atoms with Gasteiger partial charge < -0.3 is 10.2 Å². The Morgan fingerprint density at radius 2 is 1.26 bits per heavy atom. The normalized spacial score (nSPS) is 57.2. The lowest BCUT2D eigenvalue weighted by Gasteiger charge is -2.55. The van der Waals surface area contributed by atoms with Crippen molar-refractivity contribution in [3.63, 3.8) is 0 Å². The van der Waals surface area contributed by atoms with Gasteiger partial charge >= 0.3 is 0 Å².